The third kappa shape index (κ3) is 4.67. The first-order valence-corrected chi connectivity index (χ1v) is 10.2. The van der Waals surface area contributed by atoms with Crippen LogP contribution in [0.1, 0.15) is 11.1 Å². The summed E-state index contributed by atoms with van der Waals surface area (Å²) in [4.78, 5) is 24.8. The van der Waals surface area contributed by atoms with Gasteiger partial charge in [-0.1, -0.05) is 54.6 Å². The molecule has 0 saturated heterocycles. The van der Waals surface area contributed by atoms with Gasteiger partial charge in [0, 0.05) is 22.3 Å². The molecule has 0 unspecified atom stereocenters. The summed E-state index contributed by atoms with van der Waals surface area (Å²) in [5.74, 6) is -0.828. The van der Waals surface area contributed by atoms with Gasteiger partial charge in [0.25, 0.3) is 5.91 Å². The molecule has 1 heterocycles. The normalized spacial score (nSPS) is 10.8. The maximum absolute atomic E-state index is 12.6. The molecular weight excluding hydrogens is 388 g/mol. The number of esters is 1. The van der Waals surface area contributed by atoms with Crippen molar-refractivity contribution in [1.82, 2.24) is 4.57 Å². The number of anilines is 1. The minimum absolute atomic E-state index is 0.0225. The number of hydrogen-bond donors (Lipinski definition) is 1. The molecule has 5 heteroatoms. The van der Waals surface area contributed by atoms with E-state index in [2.05, 4.69) is 11.4 Å². The lowest BCUT2D eigenvalue weighted by Crippen LogP contribution is -2.23. The van der Waals surface area contributed by atoms with Gasteiger partial charge in [0.1, 0.15) is 6.54 Å². The van der Waals surface area contributed by atoms with Crippen LogP contribution in [-0.2, 0) is 20.9 Å². The van der Waals surface area contributed by atoms with Gasteiger partial charge in [0.2, 0.25) is 0 Å². The van der Waals surface area contributed by atoms with Crippen LogP contribution in [0.25, 0.3) is 22.2 Å². The molecule has 0 atom stereocenters. The summed E-state index contributed by atoms with van der Waals surface area (Å²) in [5.41, 5.74) is 5.81. The Bertz CT molecular complexity index is 1240. The molecule has 0 spiro atoms. The van der Waals surface area contributed by atoms with Crippen LogP contribution in [0.3, 0.4) is 0 Å². The fraction of sp³-hybridized carbons (Fsp3) is 0.154. The zero-order valence-corrected chi connectivity index (χ0v) is 17.6. The van der Waals surface area contributed by atoms with Gasteiger partial charge in [-0.25, -0.2) is 0 Å². The summed E-state index contributed by atoms with van der Waals surface area (Å²) in [6, 6.07) is 25.5. The number of rotatable bonds is 6. The number of nitrogens with one attached hydrogen (secondary N) is 1. The lowest BCUT2D eigenvalue weighted by Gasteiger charge is -2.12. The molecule has 1 amide bonds. The number of fused-ring (bicyclic) bond motifs is 1. The van der Waals surface area contributed by atoms with Crippen molar-refractivity contribution in [2.45, 2.75) is 20.4 Å². The van der Waals surface area contributed by atoms with E-state index in [1.165, 1.54) is 0 Å². The number of aromatic nitrogens is 1. The number of nitrogens with zero attached hydrogens (tertiary/aromatic N) is 1. The first-order valence-electron chi connectivity index (χ1n) is 10.2. The average molecular weight is 412 g/mol. The molecule has 5 nitrogen and oxygen atoms in total. The monoisotopic (exact) mass is 412 g/mol. The van der Waals surface area contributed by atoms with Crippen LogP contribution < -0.4 is 5.32 Å². The van der Waals surface area contributed by atoms with E-state index in [0.717, 1.165) is 33.3 Å². The van der Waals surface area contributed by atoms with E-state index < -0.39 is 5.97 Å². The summed E-state index contributed by atoms with van der Waals surface area (Å²) < 4.78 is 7.20. The molecule has 1 aromatic heterocycles. The number of para-hydroxylation sites is 1. The van der Waals surface area contributed by atoms with Crippen LogP contribution in [-0.4, -0.2) is 23.1 Å². The maximum Gasteiger partial charge on any atom is 0.326 e. The summed E-state index contributed by atoms with van der Waals surface area (Å²) in [7, 11) is 0. The molecule has 0 saturated carbocycles. The minimum Gasteiger partial charge on any atom is -0.454 e. The number of benzene rings is 3. The molecular formula is C26H24N2O3. The molecule has 0 aliphatic rings. The van der Waals surface area contributed by atoms with Crippen molar-refractivity contribution in [3.8, 4) is 11.3 Å². The van der Waals surface area contributed by atoms with E-state index in [-0.39, 0.29) is 19.1 Å². The standard InChI is InChI=1S/C26H24N2O3/c1-18-12-13-22(14-19(18)2)27-25(29)17-31-26(30)16-28-23-11-7-6-10-21(23)15-24(28)20-8-4-3-5-9-20/h3-15H,16-17H2,1-2H3,(H,27,29). The molecule has 0 radical (unpaired) electrons. The highest BCUT2D eigenvalue weighted by atomic mass is 16.5. The van der Waals surface area contributed by atoms with E-state index >= 15 is 0 Å². The third-order valence-electron chi connectivity index (χ3n) is 5.32. The first-order chi connectivity index (χ1) is 15.0. The fourth-order valence-electron chi connectivity index (χ4n) is 3.57. The second kappa shape index (κ2) is 8.88. The van der Waals surface area contributed by atoms with Crippen LogP contribution in [0.15, 0.2) is 78.9 Å². The minimum atomic E-state index is -0.464. The topological polar surface area (TPSA) is 60.3 Å². The highest BCUT2D eigenvalue weighted by molar-refractivity contribution is 5.93. The lowest BCUT2D eigenvalue weighted by atomic mass is 10.1. The van der Waals surface area contributed by atoms with Gasteiger partial charge in [0.15, 0.2) is 6.61 Å². The van der Waals surface area contributed by atoms with E-state index in [1.807, 2.05) is 91.2 Å². The van der Waals surface area contributed by atoms with Crippen molar-refractivity contribution < 1.29 is 14.3 Å². The zero-order valence-electron chi connectivity index (χ0n) is 17.6. The molecule has 0 bridgehead atoms. The van der Waals surface area contributed by atoms with Gasteiger partial charge in [-0.15, -0.1) is 0 Å². The average Bonchev–Trinajstić information content (AvgIpc) is 3.14. The zero-order chi connectivity index (χ0) is 21.8. The molecule has 1 N–H and O–H groups in total. The number of aryl methyl sites for hydroxylation is 2. The predicted octanol–water partition coefficient (Wildman–Crippen LogP) is 5.11. The fourth-order valence-corrected chi connectivity index (χ4v) is 3.57. The number of carbonyl (C=O) groups excluding carboxylic acids is 2. The number of hydrogen-bond acceptors (Lipinski definition) is 3. The van der Waals surface area contributed by atoms with Crippen LogP contribution in [0, 0.1) is 13.8 Å². The van der Waals surface area contributed by atoms with Crippen molar-refractivity contribution in [3.05, 3.63) is 90.0 Å². The van der Waals surface area contributed by atoms with E-state index in [1.54, 1.807) is 0 Å². The van der Waals surface area contributed by atoms with Crippen molar-refractivity contribution in [1.29, 1.82) is 0 Å². The molecule has 0 fully saturated rings. The predicted molar refractivity (Wildman–Crippen MR) is 123 cm³/mol. The molecule has 4 aromatic rings. The van der Waals surface area contributed by atoms with E-state index in [0.29, 0.717) is 5.69 Å². The molecule has 156 valence electrons. The quantitative estimate of drug-likeness (QED) is 0.448. The van der Waals surface area contributed by atoms with Crippen molar-refractivity contribution in [2.75, 3.05) is 11.9 Å². The third-order valence-corrected chi connectivity index (χ3v) is 5.32. The lowest BCUT2D eigenvalue weighted by molar-refractivity contribution is -0.147. The van der Waals surface area contributed by atoms with Crippen LogP contribution in [0.5, 0.6) is 0 Å². The van der Waals surface area contributed by atoms with Gasteiger partial charge in [-0.2, -0.15) is 0 Å². The Morgan fingerprint density at radius 2 is 1.61 bits per heavy atom. The molecule has 0 aliphatic heterocycles. The second-order valence-electron chi connectivity index (χ2n) is 7.55. The summed E-state index contributed by atoms with van der Waals surface area (Å²) in [6.07, 6.45) is 0. The molecule has 0 aliphatic carbocycles. The van der Waals surface area contributed by atoms with Gasteiger partial charge >= 0.3 is 5.97 Å². The van der Waals surface area contributed by atoms with Crippen molar-refractivity contribution in [3.63, 3.8) is 0 Å². The number of ether oxygens (including phenoxy) is 1. The van der Waals surface area contributed by atoms with Crippen LogP contribution in [0.4, 0.5) is 5.69 Å². The Balaban J connectivity index is 1.46. The molecule has 4 rings (SSSR count). The van der Waals surface area contributed by atoms with Crippen LogP contribution in [0.2, 0.25) is 0 Å². The Labute approximate surface area is 181 Å². The smallest absolute Gasteiger partial charge is 0.326 e. The summed E-state index contributed by atoms with van der Waals surface area (Å²) in [5, 5.41) is 3.81. The summed E-state index contributed by atoms with van der Waals surface area (Å²) >= 11 is 0. The van der Waals surface area contributed by atoms with E-state index in [9.17, 15) is 9.59 Å². The van der Waals surface area contributed by atoms with Crippen molar-refractivity contribution in [2.24, 2.45) is 0 Å². The van der Waals surface area contributed by atoms with Gasteiger partial charge in [-0.05, 0) is 54.8 Å². The maximum atomic E-state index is 12.6. The highest BCUT2D eigenvalue weighted by Crippen LogP contribution is 2.28. The molecule has 31 heavy (non-hydrogen) atoms. The van der Waals surface area contributed by atoms with Gasteiger partial charge in [-0.3, -0.25) is 9.59 Å². The summed E-state index contributed by atoms with van der Waals surface area (Å²) in [6.45, 7) is 3.69. The first kappa shape index (κ1) is 20.4. The van der Waals surface area contributed by atoms with Crippen molar-refractivity contribution >= 4 is 28.5 Å². The SMILES string of the molecule is Cc1ccc(NC(=O)COC(=O)Cn2c(-c3ccccc3)cc3ccccc32)cc1C. The van der Waals surface area contributed by atoms with Gasteiger partial charge < -0.3 is 14.6 Å². The molecule has 3 aromatic carbocycles. The Hall–Kier alpha value is -3.86. The number of amides is 1. The Morgan fingerprint density at radius 3 is 2.39 bits per heavy atom. The largest absolute Gasteiger partial charge is 0.454 e. The Kier molecular flexibility index (Phi) is 5.85. The van der Waals surface area contributed by atoms with Gasteiger partial charge in [0.05, 0.1) is 0 Å². The Morgan fingerprint density at radius 1 is 0.871 bits per heavy atom. The van der Waals surface area contributed by atoms with E-state index in [4.69, 9.17) is 4.74 Å². The highest BCUT2D eigenvalue weighted by Gasteiger charge is 2.15. The number of carbonyl (C=O) groups is 2. The second-order valence-corrected chi connectivity index (χ2v) is 7.55. The van der Waals surface area contributed by atoms with Crippen LogP contribution >= 0.6 is 0 Å².